The van der Waals surface area contributed by atoms with Crippen LogP contribution in [0.15, 0.2) is 72.8 Å². The smallest absolute Gasteiger partial charge is 0.331 e. The number of benzene rings is 2. The van der Waals surface area contributed by atoms with E-state index in [9.17, 15) is 9.59 Å². The summed E-state index contributed by atoms with van der Waals surface area (Å²) in [5.74, 6) is 0.355. The van der Waals surface area contributed by atoms with Crippen molar-refractivity contribution in [3.05, 3.63) is 84.0 Å². The summed E-state index contributed by atoms with van der Waals surface area (Å²) in [5, 5.41) is 0. The Balaban J connectivity index is 1.72. The fourth-order valence-corrected chi connectivity index (χ4v) is 2.20. The van der Waals surface area contributed by atoms with E-state index in [2.05, 4.69) is 0 Å². The van der Waals surface area contributed by atoms with Gasteiger partial charge in [-0.25, -0.2) is 9.59 Å². The molecule has 0 aromatic heterocycles. The van der Waals surface area contributed by atoms with Gasteiger partial charge in [0.2, 0.25) is 0 Å². The molecule has 146 valence electrons. The Morgan fingerprint density at radius 1 is 0.750 bits per heavy atom. The van der Waals surface area contributed by atoms with Crippen molar-refractivity contribution in [3.63, 3.8) is 0 Å². The molecule has 0 bridgehead atoms. The van der Waals surface area contributed by atoms with Crippen LogP contribution in [0, 0.1) is 0 Å². The standard InChI is InChI=1S/C22H22O6/c1-25-19-9-5-7-17(13-19)15-27-21(23)11-3-4-12-22(24)28-16-18-8-6-10-20(14-18)26-2/h3-14H,15-16H2,1-2H3/b11-3-,12-4-. The van der Waals surface area contributed by atoms with Gasteiger partial charge >= 0.3 is 11.9 Å². The van der Waals surface area contributed by atoms with Crippen LogP contribution < -0.4 is 9.47 Å². The summed E-state index contributed by atoms with van der Waals surface area (Å²) in [5.41, 5.74) is 1.63. The van der Waals surface area contributed by atoms with Crippen molar-refractivity contribution < 1.29 is 28.5 Å². The molecule has 0 amide bonds. The zero-order chi connectivity index (χ0) is 20.2. The summed E-state index contributed by atoms with van der Waals surface area (Å²) in [7, 11) is 3.14. The van der Waals surface area contributed by atoms with E-state index in [1.807, 2.05) is 36.4 Å². The van der Waals surface area contributed by atoms with Crippen molar-refractivity contribution in [1.29, 1.82) is 0 Å². The normalized spacial score (nSPS) is 10.8. The van der Waals surface area contributed by atoms with Gasteiger partial charge in [-0.2, -0.15) is 0 Å². The van der Waals surface area contributed by atoms with Crippen molar-refractivity contribution in [2.45, 2.75) is 13.2 Å². The molecule has 0 radical (unpaired) electrons. The van der Waals surface area contributed by atoms with Crippen LogP contribution in [0.5, 0.6) is 11.5 Å². The lowest BCUT2D eigenvalue weighted by Crippen LogP contribution is -2.01. The Hall–Kier alpha value is -3.54. The Morgan fingerprint density at radius 2 is 1.18 bits per heavy atom. The van der Waals surface area contributed by atoms with Gasteiger partial charge in [-0.1, -0.05) is 36.4 Å². The lowest BCUT2D eigenvalue weighted by Gasteiger charge is -2.04. The Bertz CT molecular complexity index is 782. The van der Waals surface area contributed by atoms with E-state index >= 15 is 0 Å². The molecule has 0 atom stereocenters. The minimum absolute atomic E-state index is 0.132. The summed E-state index contributed by atoms with van der Waals surface area (Å²) in [4.78, 5) is 23.4. The van der Waals surface area contributed by atoms with Gasteiger partial charge in [0.15, 0.2) is 0 Å². The third-order valence-electron chi connectivity index (χ3n) is 3.61. The Morgan fingerprint density at radius 3 is 1.57 bits per heavy atom. The van der Waals surface area contributed by atoms with E-state index in [1.54, 1.807) is 26.4 Å². The number of carbonyl (C=O) groups is 2. The molecule has 6 heteroatoms. The predicted octanol–water partition coefficient (Wildman–Crippen LogP) is 3.60. The average molecular weight is 382 g/mol. The number of hydrogen-bond donors (Lipinski definition) is 0. The van der Waals surface area contributed by atoms with Crippen molar-refractivity contribution in [1.82, 2.24) is 0 Å². The number of allylic oxidation sites excluding steroid dienone is 2. The van der Waals surface area contributed by atoms with Gasteiger partial charge in [0.1, 0.15) is 24.7 Å². The highest BCUT2D eigenvalue weighted by Gasteiger charge is 2.01. The van der Waals surface area contributed by atoms with Crippen molar-refractivity contribution in [2.24, 2.45) is 0 Å². The molecule has 28 heavy (non-hydrogen) atoms. The minimum Gasteiger partial charge on any atom is -0.497 e. The highest BCUT2D eigenvalue weighted by Crippen LogP contribution is 2.14. The first-order valence-corrected chi connectivity index (χ1v) is 8.55. The van der Waals surface area contributed by atoms with Crippen molar-refractivity contribution >= 4 is 11.9 Å². The molecule has 0 aliphatic heterocycles. The molecule has 0 heterocycles. The highest BCUT2D eigenvalue weighted by atomic mass is 16.5. The number of ether oxygens (including phenoxy) is 4. The number of methoxy groups -OCH3 is 2. The van der Waals surface area contributed by atoms with Crippen LogP contribution in [-0.4, -0.2) is 26.2 Å². The molecule has 0 saturated heterocycles. The zero-order valence-electron chi connectivity index (χ0n) is 15.8. The molecule has 0 saturated carbocycles. The maximum Gasteiger partial charge on any atom is 0.331 e. The molecule has 2 rings (SSSR count). The minimum atomic E-state index is -0.516. The molecular weight excluding hydrogens is 360 g/mol. The molecule has 0 fully saturated rings. The average Bonchev–Trinajstić information content (AvgIpc) is 2.74. The van der Waals surface area contributed by atoms with Crippen LogP contribution in [0.2, 0.25) is 0 Å². The highest BCUT2D eigenvalue weighted by molar-refractivity contribution is 5.84. The van der Waals surface area contributed by atoms with E-state index in [4.69, 9.17) is 18.9 Å². The third-order valence-corrected chi connectivity index (χ3v) is 3.61. The molecule has 2 aromatic rings. The van der Waals surface area contributed by atoms with Crippen LogP contribution in [0.4, 0.5) is 0 Å². The largest absolute Gasteiger partial charge is 0.497 e. The number of hydrogen-bond acceptors (Lipinski definition) is 6. The summed E-state index contributed by atoms with van der Waals surface area (Å²) in [6.07, 6.45) is 5.29. The number of carbonyl (C=O) groups excluding carboxylic acids is 2. The van der Waals surface area contributed by atoms with Gasteiger partial charge in [-0.05, 0) is 35.4 Å². The van der Waals surface area contributed by atoms with E-state index in [1.165, 1.54) is 24.3 Å². The van der Waals surface area contributed by atoms with E-state index in [0.717, 1.165) is 11.1 Å². The van der Waals surface area contributed by atoms with Crippen molar-refractivity contribution in [3.8, 4) is 11.5 Å². The van der Waals surface area contributed by atoms with Crippen LogP contribution >= 0.6 is 0 Å². The third kappa shape index (κ3) is 7.37. The first-order chi connectivity index (χ1) is 13.6. The fraction of sp³-hybridized carbons (Fsp3) is 0.182. The maximum atomic E-state index is 11.7. The fourth-order valence-electron chi connectivity index (χ4n) is 2.20. The molecule has 6 nitrogen and oxygen atoms in total. The maximum absolute atomic E-state index is 11.7. The monoisotopic (exact) mass is 382 g/mol. The van der Waals surface area contributed by atoms with Gasteiger partial charge in [-0.15, -0.1) is 0 Å². The SMILES string of the molecule is COc1cccc(COC(=O)/C=C\C=C/C(=O)OCc2cccc(OC)c2)c1. The van der Waals surface area contributed by atoms with E-state index in [0.29, 0.717) is 11.5 Å². The summed E-state index contributed by atoms with van der Waals surface area (Å²) in [6, 6.07) is 14.5. The molecule has 2 aromatic carbocycles. The molecule has 0 aliphatic carbocycles. The lowest BCUT2D eigenvalue weighted by molar-refractivity contribution is -0.140. The molecule has 0 spiro atoms. The lowest BCUT2D eigenvalue weighted by atomic mass is 10.2. The van der Waals surface area contributed by atoms with Crippen LogP contribution in [0.3, 0.4) is 0 Å². The van der Waals surface area contributed by atoms with Crippen LogP contribution in [0.25, 0.3) is 0 Å². The zero-order valence-corrected chi connectivity index (χ0v) is 15.8. The van der Waals surface area contributed by atoms with E-state index in [-0.39, 0.29) is 13.2 Å². The molecular formula is C22H22O6. The van der Waals surface area contributed by atoms with Gasteiger partial charge in [0.05, 0.1) is 14.2 Å². The Labute approximate surface area is 164 Å². The molecule has 0 unspecified atom stereocenters. The second-order valence-electron chi connectivity index (χ2n) is 5.64. The summed E-state index contributed by atoms with van der Waals surface area (Å²) >= 11 is 0. The second-order valence-corrected chi connectivity index (χ2v) is 5.64. The molecule has 0 aliphatic rings. The second kappa shape index (κ2) is 11.2. The van der Waals surface area contributed by atoms with E-state index < -0.39 is 11.9 Å². The molecule has 0 N–H and O–H groups in total. The number of esters is 2. The summed E-state index contributed by atoms with van der Waals surface area (Å²) in [6.45, 7) is 0.263. The Kier molecular flexibility index (Phi) is 8.33. The van der Waals surface area contributed by atoms with Gasteiger partial charge < -0.3 is 18.9 Å². The van der Waals surface area contributed by atoms with Gasteiger partial charge in [0, 0.05) is 12.2 Å². The predicted molar refractivity (Wildman–Crippen MR) is 104 cm³/mol. The first kappa shape index (κ1) is 20.8. The number of rotatable bonds is 9. The first-order valence-electron chi connectivity index (χ1n) is 8.55. The summed E-state index contributed by atoms with van der Waals surface area (Å²) < 4.78 is 20.5. The van der Waals surface area contributed by atoms with Crippen molar-refractivity contribution in [2.75, 3.05) is 14.2 Å². The van der Waals surface area contributed by atoms with Crippen LogP contribution in [0.1, 0.15) is 11.1 Å². The topological polar surface area (TPSA) is 71.1 Å². The van der Waals surface area contributed by atoms with Gasteiger partial charge in [-0.3, -0.25) is 0 Å². The van der Waals surface area contributed by atoms with Gasteiger partial charge in [0.25, 0.3) is 0 Å². The quantitative estimate of drug-likeness (QED) is 0.375. The van der Waals surface area contributed by atoms with Crippen LogP contribution in [-0.2, 0) is 32.3 Å².